The van der Waals surface area contributed by atoms with Crippen molar-refractivity contribution in [3.63, 3.8) is 0 Å². The molecule has 206 valence electrons. The van der Waals surface area contributed by atoms with Crippen molar-refractivity contribution in [2.75, 3.05) is 39.3 Å². The molecule has 2 aliphatic heterocycles. The molecule has 0 spiro atoms. The van der Waals surface area contributed by atoms with E-state index in [1.807, 2.05) is 17.2 Å². The van der Waals surface area contributed by atoms with Crippen LogP contribution in [0.5, 0.6) is 5.75 Å². The molecule has 5 rings (SSSR count). The molecule has 0 saturated carbocycles. The van der Waals surface area contributed by atoms with E-state index in [1.54, 1.807) is 11.0 Å². The maximum Gasteiger partial charge on any atom is 0.314 e. The Morgan fingerprint density at radius 3 is 2.47 bits per heavy atom. The Labute approximate surface area is 241 Å². The van der Waals surface area contributed by atoms with Crippen LogP contribution >= 0.6 is 31.9 Å². The number of piperazine rings is 1. The topological polar surface area (TPSA) is 112 Å². The maximum absolute atomic E-state index is 12.1. The highest BCUT2D eigenvalue weighted by atomic mass is 79.9. The normalized spacial score (nSPS) is 19.5. The summed E-state index contributed by atoms with van der Waals surface area (Å²) < 4.78 is 1.86. The number of likely N-dealkylation sites (tertiary alicyclic amines) is 1. The predicted molar refractivity (Wildman–Crippen MR) is 155 cm³/mol. The number of nitrogens with zero attached hydrogens (tertiary/aromatic N) is 3. The standard InChI is InChI=1S/C16H15Br2NO.C12H22N4O2/c1-2-11-12-5-6-14(20)15(18)13(12)4-3-9-7-10(17)8-19-16(9)11;13-12(18)16-5-1-10(2-6-16)9-11(17)15-7-3-14-4-8-15/h5-8,11,20H,2-4H2,1H3;10,14H,1-9H2,(H2,13,18)/t11-;/m1./s1. The third-order valence-corrected chi connectivity index (χ3v) is 9.16. The first-order chi connectivity index (χ1) is 18.3. The Morgan fingerprint density at radius 1 is 1.11 bits per heavy atom. The lowest BCUT2D eigenvalue weighted by molar-refractivity contribution is -0.133. The van der Waals surface area contributed by atoms with Crippen LogP contribution in [-0.4, -0.2) is 71.1 Å². The summed E-state index contributed by atoms with van der Waals surface area (Å²) in [6.07, 6.45) is 7.15. The fraction of sp³-hybridized carbons (Fsp3) is 0.536. The van der Waals surface area contributed by atoms with Gasteiger partial charge in [-0.3, -0.25) is 9.78 Å². The van der Waals surface area contributed by atoms with E-state index in [-0.39, 0.29) is 11.9 Å². The number of nitrogens with one attached hydrogen (secondary N) is 1. The summed E-state index contributed by atoms with van der Waals surface area (Å²) in [6, 6.07) is 5.64. The minimum absolute atomic E-state index is 0.258. The molecule has 2 fully saturated rings. The molecule has 1 aromatic carbocycles. The lowest BCUT2D eigenvalue weighted by Gasteiger charge is -2.33. The average molecular weight is 651 g/mol. The highest BCUT2D eigenvalue weighted by molar-refractivity contribution is 9.10. The number of hydrogen-bond donors (Lipinski definition) is 3. The average Bonchev–Trinajstić information content (AvgIpc) is 3.08. The predicted octanol–water partition coefficient (Wildman–Crippen LogP) is 4.55. The number of aryl methyl sites for hydroxylation is 1. The SMILES string of the molecule is CC[C@@H]1c2ccc(O)c(Br)c2CCc2cc(Br)cnc21.NC(=O)N1CCC(CC(=O)N2CCNCC2)CC1. The number of phenols is 1. The smallest absolute Gasteiger partial charge is 0.314 e. The van der Waals surface area contributed by atoms with E-state index in [4.69, 9.17) is 5.73 Å². The van der Waals surface area contributed by atoms with Gasteiger partial charge < -0.3 is 26.0 Å². The van der Waals surface area contributed by atoms with E-state index in [0.29, 0.717) is 37.1 Å². The number of halogens is 2. The zero-order valence-corrected chi connectivity index (χ0v) is 25.1. The molecule has 0 radical (unpaired) electrons. The van der Waals surface area contributed by atoms with Crippen molar-refractivity contribution >= 4 is 43.8 Å². The number of nitrogens with two attached hydrogens (primary N) is 1. The molecule has 2 aromatic rings. The number of benzene rings is 1. The lowest BCUT2D eigenvalue weighted by Crippen LogP contribution is -2.47. The number of carbonyl (C=O) groups is 2. The fourth-order valence-corrected chi connectivity index (χ4v) is 6.62. The molecule has 3 aliphatic rings. The van der Waals surface area contributed by atoms with Gasteiger partial charge in [0.1, 0.15) is 5.75 Å². The summed E-state index contributed by atoms with van der Waals surface area (Å²) in [4.78, 5) is 31.3. The number of aromatic hydroxyl groups is 1. The molecule has 0 unspecified atom stereocenters. The first-order valence-corrected chi connectivity index (χ1v) is 15.0. The molecule has 8 nitrogen and oxygen atoms in total. The molecule has 1 atom stereocenters. The van der Waals surface area contributed by atoms with Gasteiger partial charge in [-0.25, -0.2) is 4.79 Å². The number of piperidine rings is 1. The van der Waals surface area contributed by atoms with Gasteiger partial charge in [-0.15, -0.1) is 0 Å². The van der Waals surface area contributed by atoms with Crippen molar-refractivity contribution < 1.29 is 14.7 Å². The largest absolute Gasteiger partial charge is 0.507 e. The van der Waals surface area contributed by atoms with Crippen LogP contribution in [0.25, 0.3) is 0 Å². The van der Waals surface area contributed by atoms with Gasteiger partial charge in [0.15, 0.2) is 0 Å². The Morgan fingerprint density at radius 2 is 1.82 bits per heavy atom. The summed E-state index contributed by atoms with van der Waals surface area (Å²) in [5, 5.41) is 13.2. The Bertz CT molecular complexity index is 1150. The van der Waals surface area contributed by atoms with Gasteiger partial charge in [-0.2, -0.15) is 0 Å². The van der Waals surface area contributed by atoms with Crippen LogP contribution in [0.3, 0.4) is 0 Å². The van der Waals surface area contributed by atoms with E-state index < -0.39 is 0 Å². The second-order valence-corrected chi connectivity index (χ2v) is 11.9. The summed E-state index contributed by atoms with van der Waals surface area (Å²) in [5.41, 5.74) is 10.2. The molecule has 38 heavy (non-hydrogen) atoms. The Hall–Kier alpha value is -2.17. The monoisotopic (exact) mass is 649 g/mol. The minimum Gasteiger partial charge on any atom is -0.507 e. The quantitative estimate of drug-likeness (QED) is 0.451. The van der Waals surface area contributed by atoms with Crippen LogP contribution in [-0.2, 0) is 17.6 Å². The highest BCUT2D eigenvalue weighted by Gasteiger charge is 2.27. The molecular formula is C28H37Br2N5O3. The highest BCUT2D eigenvalue weighted by Crippen LogP contribution is 2.41. The van der Waals surface area contributed by atoms with E-state index in [1.165, 1.54) is 22.4 Å². The van der Waals surface area contributed by atoms with Crippen LogP contribution in [0, 0.1) is 5.92 Å². The van der Waals surface area contributed by atoms with Gasteiger partial charge >= 0.3 is 6.03 Å². The van der Waals surface area contributed by atoms with Crippen LogP contribution in [0.1, 0.15) is 60.9 Å². The third-order valence-electron chi connectivity index (χ3n) is 7.84. The molecule has 0 bridgehead atoms. The van der Waals surface area contributed by atoms with Crippen molar-refractivity contribution in [1.29, 1.82) is 0 Å². The van der Waals surface area contributed by atoms with Gasteiger partial charge in [-0.1, -0.05) is 13.0 Å². The number of carbonyl (C=O) groups excluding carboxylic acids is 2. The van der Waals surface area contributed by atoms with E-state index in [0.717, 1.165) is 67.2 Å². The number of amides is 3. The van der Waals surface area contributed by atoms with Crippen LogP contribution in [0.4, 0.5) is 4.79 Å². The van der Waals surface area contributed by atoms with E-state index >= 15 is 0 Å². The number of phenolic OH excluding ortho intramolecular Hbond substituents is 1. The van der Waals surface area contributed by atoms with Crippen molar-refractivity contribution in [3.8, 4) is 5.75 Å². The number of fused-ring (bicyclic) bond motifs is 2. The van der Waals surface area contributed by atoms with Crippen molar-refractivity contribution in [2.24, 2.45) is 11.7 Å². The van der Waals surface area contributed by atoms with E-state index in [2.05, 4.69) is 55.2 Å². The molecule has 3 amide bonds. The molecule has 1 aromatic heterocycles. The van der Waals surface area contributed by atoms with Crippen LogP contribution < -0.4 is 11.1 Å². The van der Waals surface area contributed by atoms with E-state index in [9.17, 15) is 14.7 Å². The number of urea groups is 1. The maximum atomic E-state index is 12.1. The van der Waals surface area contributed by atoms with Crippen molar-refractivity contribution in [1.82, 2.24) is 20.1 Å². The number of hydrogen-bond acceptors (Lipinski definition) is 5. The molecule has 1 aliphatic carbocycles. The molecule has 10 heteroatoms. The Kier molecular flexibility index (Phi) is 10.1. The summed E-state index contributed by atoms with van der Waals surface area (Å²) >= 11 is 7.04. The van der Waals surface area contributed by atoms with Gasteiger partial charge in [0.2, 0.25) is 5.91 Å². The number of rotatable bonds is 3. The lowest BCUT2D eigenvalue weighted by atomic mass is 9.89. The molecular weight excluding hydrogens is 614 g/mol. The summed E-state index contributed by atoms with van der Waals surface area (Å²) in [7, 11) is 0. The van der Waals surface area contributed by atoms with Gasteiger partial charge in [-0.05, 0) is 98.7 Å². The number of aromatic nitrogens is 1. The Balaban J connectivity index is 0.000000178. The minimum atomic E-state index is -0.345. The van der Waals surface area contributed by atoms with Gasteiger partial charge in [0, 0.05) is 62.3 Å². The fourth-order valence-electron chi connectivity index (χ4n) is 5.68. The summed E-state index contributed by atoms with van der Waals surface area (Å²) in [5.74, 6) is 1.28. The second-order valence-electron chi connectivity index (χ2n) is 10.2. The molecule has 2 saturated heterocycles. The zero-order chi connectivity index (χ0) is 27.2. The molecule has 3 heterocycles. The van der Waals surface area contributed by atoms with Crippen molar-refractivity contribution in [2.45, 2.75) is 51.4 Å². The number of primary amides is 1. The third kappa shape index (κ3) is 6.87. The first-order valence-electron chi connectivity index (χ1n) is 13.5. The van der Waals surface area contributed by atoms with Crippen molar-refractivity contribution in [3.05, 3.63) is 55.7 Å². The van der Waals surface area contributed by atoms with Gasteiger partial charge in [0.05, 0.1) is 10.2 Å². The van der Waals surface area contributed by atoms with Gasteiger partial charge in [0.25, 0.3) is 0 Å². The molecule has 4 N–H and O–H groups in total. The van der Waals surface area contributed by atoms with Crippen LogP contribution in [0.15, 0.2) is 33.3 Å². The first kappa shape index (κ1) is 28.8. The zero-order valence-electron chi connectivity index (χ0n) is 21.9. The number of pyridine rings is 1. The second kappa shape index (κ2) is 13.3. The summed E-state index contributed by atoms with van der Waals surface area (Å²) in [6.45, 7) is 6.99. The van der Waals surface area contributed by atoms with Crippen LogP contribution in [0.2, 0.25) is 0 Å².